The highest BCUT2D eigenvalue weighted by atomic mass is 35.5. The predicted molar refractivity (Wildman–Crippen MR) is 76.1 cm³/mol. The van der Waals surface area contributed by atoms with Gasteiger partial charge in [0.15, 0.2) is 0 Å². The Labute approximate surface area is 113 Å². The molecule has 0 radical (unpaired) electrons. The van der Waals surface area contributed by atoms with Gasteiger partial charge in [0.05, 0.1) is 6.04 Å². The molecule has 0 fully saturated rings. The van der Waals surface area contributed by atoms with E-state index < -0.39 is 0 Å². The molecular weight excluding hydrogens is 244 g/mol. The molecule has 1 aromatic carbocycles. The Balaban J connectivity index is 2.49. The van der Waals surface area contributed by atoms with Crippen LogP contribution in [-0.2, 0) is 0 Å². The Hall–Kier alpha value is -1.38. The van der Waals surface area contributed by atoms with Gasteiger partial charge in [0, 0.05) is 17.4 Å². The van der Waals surface area contributed by atoms with E-state index in [0.29, 0.717) is 0 Å². The van der Waals surface area contributed by atoms with Gasteiger partial charge in [-0.2, -0.15) is 0 Å². The standard InChI is InChI=1S/C15H17ClN2/c1-10-6-7-18-9-14(10)15(17-3)13-5-4-12(16)8-11(13)2/h4-9,15,17H,1-3H3. The highest BCUT2D eigenvalue weighted by Gasteiger charge is 2.16. The van der Waals surface area contributed by atoms with Gasteiger partial charge in [-0.3, -0.25) is 4.98 Å². The highest BCUT2D eigenvalue weighted by Crippen LogP contribution is 2.27. The summed E-state index contributed by atoms with van der Waals surface area (Å²) >= 11 is 6.01. The molecule has 3 heteroatoms. The number of nitrogens with one attached hydrogen (secondary N) is 1. The van der Waals surface area contributed by atoms with E-state index in [9.17, 15) is 0 Å². The number of hydrogen-bond donors (Lipinski definition) is 1. The van der Waals surface area contributed by atoms with E-state index in [1.165, 1.54) is 22.3 Å². The van der Waals surface area contributed by atoms with Gasteiger partial charge >= 0.3 is 0 Å². The summed E-state index contributed by atoms with van der Waals surface area (Å²) in [6, 6.07) is 8.18. The summed E-state index contributed by atoms with van der Waals surface area (Å²) in [5.74, 6) is 0. The molecule has 1 heterocycles. The van der Waals surface area contributed by atoms with Crippen molar-refractivity contribution < 1.29 is 0 Å². The Bertz CT molecular complexity index is 552. The normalized spacial score (nSPS) is 12.4. The monoisotopic (exact) mass is 260 g/mol. The fourth-order valence-corrected chi connectivity index (χ4v) is 2.45. The number of benzene rings is 1. The molecule has 0 saturated heterocycles. The number of nitrogens with zero attached hydrogens (tertiary/aromatic N) is 1. The second-order valence-corrected chi connectivity index (χ2v) is 4.89. The maximum absolute atomic E-state index is 6.01. The maximum Gasteiger partial charge on any atom is 0.0594 e. The third kappa shape index (κ3) is 2.55. The van der Waals surface area contributed by atoms with E-state index in [0.717, 1.165) is 5.02 Å². The summed E-state index contributed by atoms with van der Waals surface area (Å²) in [7, 11) is 1.96. The van der Waals surface area contributed by atoms with Crippen LogP contribution in [0.2, 0.25) is 5.02 Å². The van der Waals surface area contributed by atoms with Crippen LogP contribution in [0.15, 0.2) is 36.7 Å². The third-order valence-corrected chi connectivity index (χ3v) is 3.46. The van der Waals surface area contributed by atoms with E-state index in [-0.39, 0.29) is 6.04 Å². The van der Waals surface area contributed by atoms with Crippen molar-refractivity contribution in [3.8, 4) is 0 Å². The zero-order valence-corrected chi connectivity index (χ0v) is 11.6. The first-order valence-corrected chi connectivity index (χ1v) is 6.35. The summed E-state index contributed by atoms with van der Waals surface area (Å²) in [5.41, 5.74) is 4.85. The summed E-state index contributed by atoms with van der Waals surface area (Å²) in [5, 5.41) is 4.12. The molecule has 0 aliphatic carbocycles. The van der Waals surface area contributed by atoms with Crippen molar-refractivity contribution in [3.63, 3.8) is 0 Å². The number of pyridine rings is 1. The second kappa shape index (κ2) is 5.51. The van der Waals surface area contributed by atoms with Crippen molar-refractivity contribution in [1.29, 1.82) is 0 Å². The third-order valence-electron chi connectivity index (χ3n) is 3.22. The molecule has 1 unspecified atom stereocenters. The fourth-order valence-electron chi connectivity index (χ4n) is 2.22. The largest absolute Gasteiger partial charge is 0.309 e. The molecule has 2 aromatic rings. The zero-order valence-electron chi connectivity index (χ0n) is 10.9. The molecule has 94 valence electrons. The van der Waals surface area contributed by atoms with Crippen molar-refractivity contribution in [2.24, 2.45) is 0 Å². The van der Waals surface area contributed by atoms with Crippen LogP contribution in [0.5, 0.6) is 0 Å². The Morgan fingerprint density at radius 2 is 1.89 bits per heavy atom. The molecule has 0 aliphatic rings. The van der Waals surface area contributed by atoms with Gasteiger partial charge < -0.3 is 5.32 Å². The van der Waals surface area contributed by atoms with Crippen LogP contribution < -0.4 is 5.32 Å². The van der Waals surface area contributed by atoms with Crippen molar-refractivity contribution in [2.45, 2.75) is 19.9 Å². The van der Waals surface area contributed by atoms with Crippen molar-refractivity contribution >= 4 is 11.6 Å². The van der Waals surface area contributed by atoms with Crippen molar-refractivity contribution in [2.75, 3.05) is 7.05 Å². The van der Waals surface area contributed by atoms with E-state index in [2.05, 4.69) is 30.2 Å². The van der Waals surface area contributed by atoms with Crippen LogP contribution in [0.25, 0.3) is 0 Å². The SMILES string of the molecule is CNC(c1ccc(Cl)cc1C)c1cnccc1C. The molecule has 18 heavy (non-hydrogen) atoms. The predicted octanol–water partition coefficient (Wildman–Crippen LogP) is 3.66. The molecule has 2 rings (SSSR count). The molecular formula is C15H17ClN2. The Kier molecular flexibility index (Phi) is 4.00. The molecule has 0 bridgehead atoms. The quantitative estimate of drug-likeness (QED) is 0.911. The van der Waals surface area contributed by atoms with Gasteiger partial charge in [-0.25, -0.2) is 0 Å². The topological polar surface area (TPSA) is 24.9 Å². The lowest BCUT2D eigenvalue weighted by atomic mass is 9.94. The van der Waals surface area contributed by atoms with Gasteiger partial charge in [-0.15, -0.1) is 0 Å². The van der Waals surface area contributed by atoms with Gasteiger partial charge in [0.25, 0.3) is 0 Å². The van der Waals surface area contributed by atoms with Crippen LogP contribution >= 0.6 is 11.6 Å². The van der Waals surface area contributed by atoms with Gasteiger partial charge in [-0.05, 0) is 61.3 Å². The molecule has 0 aliphatic heterocycles. The van der Waals surface area contributed by atoms with Crippen LogP contribution in [-0.4, -0.2) is 12.0 Å². The minimum atomic E-state index is 0.149. The summed E-state index contributed by atoms with van der Waals surface area (Å²) in [4.78, 5) is 4.22. The zero-order chi connectivity index (χ0) is 13.1. The first-order chi connectivity index (χ1) is 8.63. The number of halogens is 1. The molecule has 2 nitrogen and oxygen atoms in total. The minimum Gasteiger partial charge on any atom is -0.309 e. The molecule has 1 N–H and O–H groups in total. The van der Waals surface area contributed by atoms with Crippen LogP contribution in [0.3, 0.4) is 0 Å². The van der Waals surface area contributed by atoms with E-state index >= 15 is 0 Å². The van der Waals surface area contributed by atoms with E-state index in [1.54, 1.807) is 0 Å². The fraction of sp³-hybridized carbons (Fsp3) is 0.267. The Morgan fingerprint density at radius 3 is 2.50 bits per heavy atom. The maximum atomic E-state index is 6.01. The molecule has 1 aromatic heterocycles. The number of aryl methyl sites for hydroxylation is 2. The van der Waals surface area contributed by atoms with Crippen molar-refractivity contribution in [3.05, 3.63) is 63.9 Å². The number of hydrogen-bond acceptors (Lipinski definition) is 2. The average molecular weight is 261 g/mol. The van der Waals surface area contributed by atoms with Crippen LogP contribution in [0.4, 0.5) is 0 Å². The van der Waals surface area contributed by atoms with Gasteiger partial charge in [0.1, 0.15) is 0 Å². The van der Waals surface area contributed by atoms with E-state index in [1.807, 2.05) is 37.6 Å². The summed E-state index contributed by atoms with van der Waals surface area (Å²) in [6.07, 6.45) is 3.74. The molecule has 1 atom stereocenters. The lowest BCUT2D eigenvalue weighted by molar-refractivity contribution is 0.680. The van der Waals surface area contributed by atoms with Gasteiger partial charge in [-0.1, -0.05) is 17.7 Å². The first kappa shape index (κ1) is 13.1. The molecule has 0 amide bonds. The molecule has 0 saturated carbocycles. The Morgan fingerprint density at radius 1 is 1.11 bits per heavy atom. The smallest absolute Gasteiger partial charge is 0.0594 e. The summed E-state index contributed by atoms with van der Waals surface area (Å²) in [6.45, 7) is 4.18. The lowest BCUT2D eigenvalue weighted by Crippen LogP contribution is -2.19. The number of aromatic nitrogens is 1. The summed E-state index contributed by atoms with van der Waals surface area (Å²) < 4.78 is 0. The number of rotatable bonds is 3. The van der Waals surface area contributed by atoms with Crippen LogP contribution in [0, 0.1) is 13.8 Å². The van der Waals surface area contributed by atoms with Gasteiger partial charge in [0.2, 0.25) is 0 Å². The lowest BCUT2D eigenvalue weighted by Gasteiger charge is -2.21. The van der Waals surface area contributed by atoms with E-state index in [4.69, 9.17) is 11.6 Å². The van der Waals surface area contributed by atoms with Crippen LogP contribution in [0.1, 0.15) is 28.3 Å². The second-order valence-electron chi connectivity index (χ2n) is 4.45. The minimum absolute atomic E-state index is 0.149. The molecule has 0 spiro atoms. The average Bonchev–Trinajstić information content (AvgIpc) is 2.34. The highest BCUT2D eigenvalue weighted by molar-refractivity contribution is 6.30. The van der Waals surface area contributed by atoms with Crippen molar-refractivity contribution in [1.82, 2.24) is 10.3 Å². The first-order valence-electron chi connectivity index (χ1n) is 5.97.